The summed E-state index contributed by atoms with van der Waals surface area (Å²) in [5, 5.41) is 10.6. The second kappa shape index (κ2) is 4.16. The highest BCUT2D eigenvalue weighted by Crippen LogP contribution is 2.34. The van der Waals surface area contributed by atoms with Crippen molar-refractivity contribution in [2.75, 3.05) is 0 Å². The Labute approximate surface area is 101 Å². The predicted octanol–water partition coefficient (Wildman–Crippen LogP) is 3.56. The molecule has 74 valence electrons. The van der Waals surface area contributed by atoms with Crippen molar-refractivity contribution < 1.29 is 5.11 Å². The molecular weight excluding hydrogens is 307 g/mol. The summed E-state index contributed by atoms with van der Waals surface area (Å²) in [6.07, 6.45) is 0.996. The molecule has 1 nitrogen and oxygen atoms in total. The van der Waals surface area contributed by atoms with Gasteiger partial charge in [0.2, 0.25) is 0 Å². The van der Waals surface area contributed by atoms with Gasteiger partial charge in [-0.15, -0.1) is 11.3 Å². The van der Waals surface area contributed by atoms with Crippen LogP contribution in [0.2, 0.25) is 0 Å². The molecule has 1 N–H and O–H groups in total. The lowest BCUT2D eigenvalue weighted by Gasteiger charge is -1.99. The van der Waals surface area contributed by atoms with E-state index >= 15 is 0 Å². The maximum Gasteiger partial charge on any atom is 0.0777 e. The van der Waals surface area contributed by atoms with Crippen LogP contribution >= 0.6 is 33.9 Å². The number of aliphatic hydroxyl groups excluding tert-OH is 1. The molecule has 0 fully saturated rings. The van der Waals surface area contributed by atoms with Gasteiger partial charge in [-0.25, -0.2) is 0 Å². The van der Waals surface area contributed by atoms with Gasteiger partial charge in [-0.05, 0) is 46.7 Å². The molecule has 1 heterocycles. The fourth-order valence-electron chi connectivity index (χ4n) is 1.72. The van der Waals surface area contributed by atoms with Gasteiger partial charge >= 0.3 is 0 Å². The van der Waals surface area contributed by atoms with Crippen LogP contribution in [0.15, 0.2) is 18.2 Å². The summed E-state index contributed by atoms with van der Waals surface area (Å²) in [4.78, 5) is 1.12. The molecule has 0 saturated carbocycles. The van der Waals surface area contributed by atoms with Crippen molar-refractivity contribution >= 4 is 44.0 Å². The second-order valence-electron chi connectivity index (χ2n) is 3.13. The molecule has 1 aromatic heterocycles. The molecule has 0 amide bonds. The average molecular weight is 318 g/mol. The highest BCUT2D eigenvalue weighted by atomic mass is 127. The van der Waals surface area contributed by atoms with Gasteiger partial charge in [0.25, 0.3) is 0 Å². The Balaban J connectivity index is 2.81. The Bertz CT molecular complexity index is 462. The molecule has 2 rings (SSSR count). The third-order valence-corrected chi connectivity index (χ3v) is 4.43. The van der Waals surface area contributed by atoms with E-state index < -0.39 is 0 Å². The number of halogens is 1. The first kappa shape index (κ1) is 10.4. The standard InChI is InChI=1S/C11H11IOS/c1-2-7-10(6-13)14-9-5-3-4-8(12)11(7)9/h3-5,13H,2,6H2,1H3. The number of hydrogen-bond donors (Lipinski definition) is 1. The third kappa shape index (κ3) is 1.57. The van der Waals surface area contributed by atoms with Gasteiger partial charge in [0, 0.05) is 18.5 Å². The van der Waals surface area contributed by atoms with Crippen LogP contribution < -0.4 is 0 Å². The van der Waals surface area contributed by atoms with Crippen LogP contribution in [0, 0.1) is 3.57 Å². The van der Waals surface area contributed by atoms with Crippen LogP contribution in [0.4, 0.5) is 0 Å². The van der Waals surface area contributed by atoms with Crippen molar-refractivity contribution in [1.29, 1.82) is 0 Å². The fourth-order valence-corrected chi connectivity index (χ4v) is 3.91. The SMILES string of the molecule is CCc1c(CO)sc2cccc(I)c12. The van der Waals surface area contributed by atoms with E-state index in [1.165, 1.54) is 19.2 Å². The molecule has 0 atom stereocenters. The minimum absolute atomic E-state index is 0.165. The van der Waals surface area contributed by atoms with Crippen molar-refractivity contribution in [2.24, 2.45) is 0 Å². The Hall–Kier alpha value is -0.130. The number of aryl methyl sites for hydroxylation is 1. The van der Waals surface area contributed by atoms with Gasteiger partial charge in [0.15, 0.2) is 0 Å². The van der Waals surface area contributed by atoms with Gasteiger partial charge in [0.1, 0.15) is 0 Å². The minimum Gasteiger partial charge on any atom is -0.391 e. The zero-order valence-electron chi connectivity index (χ0n) is 7.88. The third-order valence-electron chi connectivity index (χ3n) is 2.34. The van der Waals surface area contributed by atoms with E-state index in [4.69, 9.17) is 0 Å². The molecule has 0 aliphatic rings. The predicted molar refractivity (Wildman–Crippen MR) is 69.8 cm³/mol. The first-order chi connectivity index (χ1) is 6.77. The minimum atomic E-state index is 0.165. The van der Waals surface area contributed by atoms with Gasteiger partial charge < -0.3 is 5.11 Å². The Morgan fingerprint density at radius 3 is 2.86 bits per heavy atom. The number of aliphatic hydroxyl groups is 1. The van der Waals surface area contributed by atoms with Crippen LogP contribution in [0.25, 0.3) is 10.1 Å². The lowest BCUT2D eigenvalue weighted by molar-refractivity contribution is 0.284. The summed E-state index contributed by atoms with van der Waals surface area (Å²) < 4.78 is 2.57. The summed E-state index contributed by atoms with van der Waals surface area (Å²) in [6, 6.07) is 6.32. The first-order valence-corrected chi connectivity index (χ1v) is 6.47. The molecular formula is C11H11IOS. The maximum absolute atomic E-state index is 9.25. The van der Waals surface area contributed by atoms with E-state index in [1.807, 2.05) is 0 Å². The van der Waals surface area contributed by atoms with Crippen molar-refractivity contribution in [3.05, 3.63) is 32.2 Å². The summed E-state index contributed by atoms with van der Waals surface area (Å²) in [7, 11) is 0. The molecule has 0 saturated heterocycles. The lowest BCUT2D eigenvalue weighted by Crippen LogP contribution is -1.86. The van der Waals surface area contributed by atoms with Gasteiger partial charge in [-0.2, -0.15) is 0 Å². The van der Waals surface area contributed by atoms with Gasteiger partial charge in [-0.1, -0.05) is 13.0 Å². The Morgan fingerprint density at radius 2 is 2.21 bits per heavy atom. The molecule has 0 unspecified atom stereocenters. The van der Waals surface area contributed by atoms with Crippen LogP contribution in [0.1, 0.15) is 17.4 Å². The number of benzene rings is 1. The zero-order chi connectivity index (χ0) is 10.1. The van der Waals surface area contributed by atoms with E-state index in [9.17, 15) is 5.11 Å². The molecule has 2 aromatic rings. The average Bonchev–Trinajstić information content (AvgIpc) is 2.56. The number of rotatable bonds is 2. The first-order valence-electron chi connectivity index (χ1n) is 4.57. The van der Waals surface area contributed by atoms with Crippen molar-refractivity contribution in [2.45, 2.75) is 20.0 Å². The zero-order valence-corrected chi connectivity index (χ0v) is 10.9. The molecule has 3 heteroatoms. The smallest absolute Gasteiger partial charge is 0.0777 e. The molecule has 14 heavy (non-hydrogen) atoms. The van der Waals surface area contributed by atoms with Gasteiger partial charge in [0.05, 0.1) is 6.61 Å². The number of fused-ring (bicyclic) bond motifs is 1. The molecule has 0 aliphatic heterocycles. The fraction of sp³-hybridized carbons (Fsp3) is 0.273. The van der Waals surface area contributed by atoms with E-state index in [1.54, 1.807) is 11.3 Å². The topological polar surface area (TPSA) is 20.2 Å². The monoisotopic (exact) mass is 318 g/mol. The highest BCUT2D eigenvalue weighted by Gasteiger charge is 2.11. The van der Waals surface area contributed by atoms with E-state index in [2.05, 4.69) is 47.7 Å². The lowest BCUT2D eigenvalue weighted by atomic mass is 10.1. The summed E-state index contributed by atoms with van der Waals surface area (Å²) >= 11 is 4.07. The molecule has 1 aromatic carbocycles. The Kier molecular flexibility index (Phi) is 3.09. The van der Waals surface area contributed by atoms with Crippen molar-refractivity contribution in [1.82, 2.24) is 0 Å². The summed E-state index contributed by atoms with van der Waals surface area (Å²) in [5.74, 6) is 0. The van der Waals surface area contributed by atoms with Crippen LogP contribution in [0.3, 0.4) is 0 Å². The van der Waals surface area contributed by atoms with E-state index in [0.29, 0.717) is 0 Å². The number of hydrogen-bond acceptors (Lipinski definition) is 2. The molecule has 0 spiro atoms. The van der Waals surface area contributed by atoms with Crippen LogP contribution in [-0.4, -0.2) is 5.11 Å². The van der Waals surface area contributed by atoms with Gasteiger partial charge in [-0.3, -0.25) is 0 Å². The van der Waals surface area contributed by atoms with Crippen molar-refractivity contribution in [3.8, 4) is 0 Å². The quantitative estimate of drug-likeness (QED) is 0.840. The largest absolute Gasteiger partial charge is 0.391 e. The van der Waals surface area contributed by atoms with Crippen LogP contribution in [0.5, 0.6) is 0 Å². The van der Waals surface area contributed by atoms with E-state index in [0.717, 1.165) is 11.3 Å². The van der Waals surface area contributed by atoms with Crippen molar-refractivity contribution in [3.63, 3.8) is 0 Å². The molecule has 0 aliphatic carbocycles. The molecule has 0 bridgehead atoms. The van der Waals surface area contributed by atoms with E-state index in [-0.39, 0.29) is 6.61 Å². The normalized spacial score (nSPS) is 11.1. The second-order valence-corrected chi connectivity index (χ2v) is 5.43. The molecule has 0 radical (unpaired) electrons. The highest BCUT2D eigenvalue weighted by molar-refractivity contribution is 14.1. The number of thiophene rings is 1. The maximum atomic E-state index is 9.25. The summed E-state index contributed by atoms with van der Waals surface area (Å²) in [6.45, 7) is 2.31. The summed E-state index contributed by atoms with van der Waals surface area (Å²) in [5.41, 5.74) is 1.32. The van der Waals surface area contributed by atoms with Crippen LogP contribution in [-0.2, 0) is 13.0 Å². The Morgan fingerprint density at radius 1 is 1.43 bits per heavy atom.